The minimum absolute atomic E-state index is 1.02. The van der Waals surface area contributed by atoms with E-state index in [9.17, 15) is 0 Å². The lowest BCUT2D eigenvalue weighted by Crippen LogP contribution is -1.80. The molecule has 0 aliphatic carbocycles. The molecule has 0 aliphatic heterocycles. The monoisotopic (exact) mass is 191 g/mol. The van der Waals surface area contributed by atoms with Gasteiger partial charge in [0, 0.05) is 20.5 Å². The molecule has 0 atom stereocenters. The molecule has 1 aromatic heterocycles. The molecular weight excluding hydrogens is 182 g/mol. The summed E-state index contributed by atoms with van der Waals surface area (Å²) in [6.07, 6.45) is 1.49. The van der Waals surface area contributed by atoms with Gasteiger partial charge in [-0.2, -0.15) is 0 Å². The van der Waals surface area contributed by atoms with Crippen LogP contribution in [0.25, 0.3) is 10.1 Å². The van der Waals surface area contributed by atoms with Crippen molar-refractivity contribution < 1.29 is 5.21 Å². The van der Waals surface area contributed by atoms with E-state index in [1.54, 1.807) is 11.3 Å². The molecule has 0 amide bonds. The zero-order chi connectivity index (χ0) is 9.26. The number of fused-ring (bicyclic) bond motifs is 1. The van der Waals surface area contributed by atoms with Crippen molar-refractivity contribution in [1.82, 2.24) is 0 Å². The zero-order valence-corrected chi connectivity index (χ0v) is 8.01. The summed E-state index contributed by atoms with van der Waals surface area (Å²) in [7, 11) is 0. The molecule has 0 saturated heterocycles. The van der Waals surface area contributed by atoms with Gasteiger partial charge in [-0.15, -0.1) is 11.3 Å². The quantitative estimate of drug-likeness (QED) is 0.419. The van der Waals surface area contributed by atoms with E-state index in [0.717, 1.165) is 10.9 Å². The normalized spacial score (nSPS) is 11.5. The van der Waals surface area contributed by atoms with Crippen LogP contribution in [-0.4, -0.2) is 11.4 Å². The van der Waals surface area contributed by atoms with Gasteiger partial charge in [-0.05, 0) is 13.0 Å². The van der Waals surface area contributed by atoms with Crippen LogP contribution >= 0.6 is 11.3 Å². The average Bonchev–Trinajstić information content (AvgIpc) is 2.44. The minimum atomic E-state index is 1.02. The van der Waals surface area contributed by atoms with Gasteiger partial charge in [0.05, 0.1) is 6.21 Å². The Labute approximate surface area is 80.1 Å². The Hall–Kier alpha value is -1.35. The first kappa shape index (κ1) is 8.26. The second-order valence-electron chi connectivity index (χ2n) is 2.81. The predicted molar refractivity (Wildman–Crippen MR) is 55.9 cm³/mol. The molecule has 3 heteroatoms. The van der Waals surface area contributed by atoms with E-state index in [-0.39, 0.29) is 0 Å². The fourth-order valence-corrected chi connectivity index (χ4v) is 2.44. The van der Waals surface area contributed by atoms with Crippen LogP contribution in [-0.2, 0) is 0 Å². The summed E-state index contributed by atoms with van der Waals surface area (Å²) >= 11 is 1.72. The molecule has 0 bridgehead atoms. The maximum absolute atomic E-state index is 8.50. The third-order valence-electron chi connectivity index (χ3n) is 2.01. The summed E-state index contributed by atoms with van der Waals surface area (Å²) in [5.74, 6) is 0. The molecule has 1 aromatic carbocycles. The highest BCUT2D eigenvalue weighted by Crippen LogP contribution is 2.28. The summed E-state index contributed by atoms with van der Waals surface area (Å²) in [4.78, 5) is 1.18. The Morgan fingerprint density at radius 3 is 2.92 bits per heavy atom. The first-order chi connectivity index (χ1) is 6.33. The minimum Gasteiger partial charge on any atom is -0.411 e. The SMILES string of the molecule is Cc1sc2ccccc2c1/C=N/O. The smallest absolute Gasteiger partial charge is 0.0751 e. The van der Waals surface area contributed by atoms with Crippen LogP contribution in [0, 0.1) is 6.92 Å². The van der Waals surface area contributed by atoms with Crippen molar-refractivity contribution in [2.45, 2.75) is 6.92 Å². The molecular formula is C10H9NOS. The molecule has 66 valence electrons. The molecule has 0 radical (unpaired) electrons. The van der Waals surface area contributed by atoms with Crippen molar-refractivity contribution >= 4 is 27.6 Å². The van der Waals surface area contributed by atoms with Gasteiger partial charge in [0.15, 0.2) is 0 Å². The highest BCUT2D eigenvalue weighted by atomic mass is 32.1. The Morgan fingerprint density at radius 1 is 1.38 bits per heavy atom. The van der Waals surface area contributed by atoms with Crippen LogP contribution in [0.15, 0.2) is 29.4 Å². The van der Waals surface area contributed by atoms with E-state index in [1.807, 2.05) is 25.1 Å². The molecule has 0 fully saturated rings. The molecule has 0 spiro atoms. The number of rotatable bonds is 1. The number of hydrogen-bond donors (Lipinski definition) is 1. The molecule has 13 heavy (non-hydrogen) atoms. The fraction of sp³-hybridized carbons (Fsp3) is 0.100. The van der Waals surface area contributed by atoms with Gasteiger partial charge in [-0.1, -0.05) is 23.4 Å². The fourth-order valence-electron chi connectivity index (χ4n) is 1.41. The maximum atomic E-state index is 8.50. The Kier molecular flexibility index (Phi) is 2.02. The molecule has 0 aliphatic rings. The zero-order valence-electron chi connectivity index (χ0n) is 7.19. The molecule has 0 saturated carbocycles. The van der Waals surface area contributed by atoms with Gasteiger partial charge in [0.1, 0.15) is 0 Å². The van der Waals surface area contributed by atoms with Crippen molar-refractivity contribution in [2.24, 2.45) is 5.16 Å². The molecule has 2 aromatic rings. The van der Waals surface area contributed by atoms with E-state index in [0.29, 0.717) is 0 Å². The van der Waals surface area contributed by atoms with Crippen LogP contribution in [0.4, 0.5) is 0 Å². The summed E-state index contributed by atoms with van der Waals surface area (Å²) in [5.41, 5.74) is 1.02. The van der Waals surface area contributed by atoms with Gasteiger partial charge in [0.25, 0.3) is 0 Å². The summed E-state index contributed by atoms with van der Waals surface area (Å²) in [6, 6.07) is 8.11. The van der Waals surface area contributed by atoms with Crippen molar-refractivity contribution in [3.8, 4) is 0 Å². The number of nitrogens with zero attached hydrogens (tertiary/aromatic N) is 1. The van der Waals surface area contributed by atoms with Crippen molar-refractivity contribution in [2.75, 3.05) is 0 Å². The Balaban J connectivity index is 2.78. The van der Waals surface area contributed by atoms with E-state index >= 15 is 0 Å². The van der Waals surface area contributed by atoms with Crippen molar-refractivity contribution in [3.63, 3.8) is 0 Å². The number of aryl methyl sites for hydroxylation is 1. The van der Waals surface area contributed by atoms with E-state index in [2.05, 4.69) is 11.2 Å². The number of hydrogen-bond acceptors (Lipinski definition) is 3. The topological polar surface area (TPSA) is 32.6 Å². The predicted octanol–water partition coefficient (Wildman–Crippen LogP) is 3.02. The van der Waals surface area contributed by atoms with E-state index < -0.39 is 0 Å². The Morgan fingerprint density at radius 2 is 2.15 bits per heavy atom. The number of benzene rings is 1. The molecule has 0 unspecified atom stereocenters. The lowest BCUT2D eigenvalue weighted by atomic mass is 10.1. The summed E-state index contributed by atoms with van der Waals surface area (Å²) in [5, 5.41) is 12.7. The third kappa shape index (κ3) is 1.31. The van der Waals surface area contributed by atoms with Crippen molar-refractivity contribution in [1.29, 1.82) is 0 Å². The van der Waals surface area contributed by atoms with Gasteiger partial charge >= 0.3 is 0 Å². The lowest BCUT2D eigenvalue weighted by Gasteiger charge is -1.89. The molecule has 1 heterocycles. The van der Waals surface area contributed by atoms with Crippen LogP contribution < -0.4 is 0 Å². The molecule has 2 rings (SSSR count). The third-order valence-corrected chi connectivity index (χ3v) is 3.11. The molecule has 2 nitrogen and oxygen atoms in total. The van der Waals surface area contributed by atoms with Crippen molar-refractivity contribution in [3.05, 3.63) is 34.7 Å². The van der Waals surface area contributed by atoms with Gasteiger partial charge < -0.3 is 5.21 Å². The second kappa shape index (κ2) is 3.18. The largest absolute Gasteiger partial charge is 0.411 e. The standard InChI is InChI=1S/C10H9NOS/c1-7-9(6-11-12)8-4-2-3-5-10(8)13-7/h2-6,12H,1H3/b11-6+. The van der Waals surface area contributed by atoms with Gasteiger partial charge in [-0.25, -0.2) is 0 Å². The average molecular weight is 191 g/mol. The summed E-state index contributed by atoms with van der Waals surface area (Å²) in [6.45, 7) is 2.03. The van der Waals surface area contributed by atoms with Crippen LogP contribution in [0.2, 0.25) is 0 Å². The highest BCUT2D eigenvalue weighted by molar-refractivity contribution is 7.19. The second-order valence-corrected chi connectivity index (χ2v) is 4.07. The van der Waals surface area contributed by atoms with Crippen LogP contribution in [0.3, 0.4) is 0 Å². The first-order valence-corrected chi connectivity index (χ1v) is 4.80. The lowest BCUT2D eigenvalue weighted by molar-refractivity contribution is 0.322. The maximum Gasteiger partial charge on any atom is 0.0751 e. The van der Waals surface area contributed by atoms with Crippen LogP contribution in [0.5, 0.6) is 0 Å². The number of thiophene rings is 1. The van der Waals surface area contributed by atoms with E-state index in [1.165, 1.54) is 15.8 Å². The van der Waals surface area contributed by atoms with Gasteiger partial charge in [-0.3, -0.25) is 0 Å². The Bertz CT molecular complexity index is 459. The molecule has 1 N–H and O–H groups in total. The highest BCUT2D eigenvalue weighted by Gasteiger charge is 2.05. The summed E-state index contributed by atoms with van der Waals surface area (Å²) < 4.78 is 1.23. The number of oxime groups is 1. The van der Waals surface area contributed by atoms with E-state index in [4.69, 9.17) is 5.21 Å². The van der Waals surface area contributed by atoms with Crippen LogP contribution in [0.1, 0.15) is 10.4 Å². The first-order valence-electron chi connectivity index (χ1n) is 3.98. The van der Waals surface area contributed by atoms with Gasteiger partial charge in [0.2, 0.25) is 0 Å².